The highest BCUT2D eigenvalue weighted by atomic mass is 79.9. The minimum atomic E-state index is -3.35. The van der Waals surface area contributed by atoms with E-state index in [0.717, 1.165) is 43.4 Å². The number of anilines is 3. The summed E-state index contributed by atoms with van der Waals surface area (Å²) in [6.45, 7) is 6.01. The number of hydrogen-bond donors (Lipinski definition) is 1. The minimum Gasteiger partial charge on any atom is -0.396 e. The number of aliphatic hydroxyl groups is 1. The van der Waals surface area contributed by atoms with E-state index in [-0.39, 0.29) is 25.0 Å². The van der Waals surface area contributed by atoms with Crippen molar-refractivity contribution in [2.45, 2.75) is 63.2 Å². The number of halogens is 2. The quantitative estimate of drug-likeness (QED) is 0.124. The van der Waals surface area contributed by atoms with Crippen molar-refractivity contribution in [3.63, 3.8) is 0 Å². The number of amides is 2. The first-order valence-electron chi connectivity index (χ1n) is 16.9. The fourth-order valence-electron chi connectivity index (χ4n) is 8.53. The summed E-state index contributed by atoms with van der Waals surface area (Å²) in [7, 11) is -3.35. The van der Waals surface area contributed by atoms with Crippen LogP contribution in [0, 0.1) is 5.92 Å². The van der Waals surface area contributed by atoms with Crippen LogP contribution >= 0.6 is 15.9 Å². The molecular weight excluding hydrogens is 717 g/mol. The number of ether oxygens (including phenoxy) is 1. The lowest BCUT2D eigenvalue weighted by Crippen LogP contribution is -2.45. The predicted molar refractivity (Wildman–Crippen MR) is 196 cm³/mol. The Labute approximate surface area is 299 Å². The normalized spacial score (nSPS) is 22.8. The number of carbonyl (C=O) groups excluding carboxylic acids is 2. The number of fused-ring (bicyclic) bond motifs is 2. The first kappa shape index (κ1) is 32.9. The Morgan fingerprint density at radius 3 is 2.58 bits per heavy atom. The van der Waals surface area contributed by atoms with Gasteiger partial charge in [0.1, 0.15) is 0 Å². The lowest BCUT2D eigenvalue weighted by Gasteiger charge is -2.31. The van der Waals surface area contributed by atoms with Crippen molar-refractivity contribution < 1.29 is 23.5 Å². The third-order valence-corrected chi connectivity index (χ3v) is 13.5. The molecule has 4 atom stereocenters. The SMILES string of the molecule is C[C@H]1[C@H]([Si](C)(C)F)[C@@H](CCn2cc(CCO)nn2)O[C@]12C(=O)N(Cc1cccc(N3C(=O)c4cccc5cccc3c45)c1)c1ccc(Br)cc12. The molecule has 12 heteroatoms. The van der Waals surface area contributed by atoms with E-state index in [1.165, 1.54) is 0 Å². The molecule has 0 radical (unpaired) electrons. The van der Waals surface area contributed by atoms with Gasteiger partial charge < -0.3 is 18.9 Å². The van der Waals surface area contributed by atoms with Gasteiger partial charge in [-0.3, -0.25) is 19.2 Å². The van der Waals surface area contributed by atoms with Gasteiger partial charge in [0.25, 0.3) is 11.8 Å². The van der Waals surface area contributed by atoms with Crippen molar-refractivity contribution in [2.24, 2.45) is 5.92 Å². The summed E-state index contributed by atoms with van der Waals surface area (Å²) in [4.78, 5) is 32.1. The molecule has 256 valence electrons. The molecule has 4 aromatic carbocycles. The Bertz CT molecular complexity index is 2170. The molecule has 5 aromatic rings. The van der Waals surface area contributed by atoms with Gasteiger partial charge in [-0.05, 0) is 72.9 Å². The molecule has 0 bridgehead atoms. The van der Waals surface area contributed by atoms with Gasteiger partial charge in [0.15, 0.2) is 5.60 Å². The van der Waals surface area contributed by atoms with E-state index in [1.807, 2.05) is 85.8 Å². The van der Waals surface area contributed by atoms with Gasteiger partial charge in [-0.1, -0.05) is 64.5 Å². The topological polar surface area (TPSA) is 101 Å². The number of benzene rings is 4. The van der Waals surface area contributed by atoms with E-state index in [9.17, 15) is 14.7 Å². The third kappa shape index (κ3) is 5.14. The lowest BCUT2D eigenvalue weighted by molar-refractivity contribution is -0.146. The molecule has 1 fully saturated rings. The Morgan fingerprint density at radius 1 is 1.02 bits per heavy atom. The molecule has 1 N–H and O–H groups in total. The lowest BCUT2D eigenvalue weighted by atomic mass is 9.82. The van der Waals surface area contributed by atoms with E-state index >= 15 is 4.11 Å². The zero-order valence-corrected chi connectivity index (χ0v) is 30.6. The smallest absolute Gasteiger partial charge is 0.264 e. The molecule has 1 aromatic heterocycles. The van der Waals surface area contributed by atoms with Crippen molar-refractivity contribution in [2.75, 3.05) is 16.4 Å². The van der Waals surface area contributed by atoms with Gasteiger partial charge in [-0.15, -0.1) is 5.10 Å². The fraction of sp³-hybridized carbons (Fsp3) is 0.316. The molecule has 1 saturated heterocycles. The summed E-state index contributed by atoms with van der Waals surface area (Å²) < 4.78 is 25.7. The summed E-state index contributed by atoms with van der Waals surface area (Å²) in [5.74, 6) is -0.730. The van der Waals surface area contributed by atoms with Crippen LogP contribution in [-0.2, 0) is 34.6 Å². The Balaban J connectivity index is 1.12. The molecule has 8 rings (SSSR count). The average Bonchev–Trinajstić information content (AvgIpc) is 3.80. The number of aromatic nitrogens is 3. The second kappa shape index (κ2) is 12.2. The fourth-order valence-corrected chi connectivity index (χ4v) is 11.4. The molecule has 4 heterocycles. The van der Waals surface area contributed by atoms with Crippen LogP contribution < -0.4 is 9.80 Å². The van der Waals surface area contributed by atoms with E-state index in [4.69, 9.17) is 4.74 Å². The van der Waals surface area contributed by atoms with Crippen LogP contribution in [0.1, 0.15) is 40.5 Å². The standard InChI is InChI=1S/C38H37BrFN5O4Si/c1-23-35(50(2,3)40)33(15-17-43-22-27(16-18-46)41-42-43)49-38(23)30-20-26(39)13-14-31(30)44(37(38)48)21-24-7-4-10-28(19-24)45-32-12-6-9-25-8-5-11-29(34(25)32)36(45)47/h4-14,19-20,22-23,33,35,46H,15-18,21H2,1-3H3/t23-,33+,35-,38+/m0/s1. The van der Waals surface area contributed by atoms with Gasteiger partial charge in [-0.25, -0.2) is 0 Å². The highest BCUT2D eigenvalue weighted by Gasteiger charge is 2.66. The van der Waals surface area contributed by atoms with E-state index < -0.39 is 31.6 Å². The summed E-state index contributed by atoms with van der Waals surface area (Å²) in [5, 5.41) is 19.5. The molecule has 0 saturated carbocycles. The number of aryl methyl sites for hydroxylation is 1. The predicted octanol–water partition coefficient (Wildman–Crippen LogP) is 7.43. The highest BCUT2D eigenvalue weighted by molar-refractivity contribution is 9.10. The maximum atomic E-state index is 16.3. The largest absolute Gasteiger partial charge is 0.396 e. The van der Waals surface area contributed by atoms with E-state index in [0.29, 0.717) is 30.6 Å². The number of nitrogens with zero attached hydrogens (tertiary/aromatic N) is 5. The average molecular weight is 755 g/mol. The van der Waals surface area contributed by atoms with Crippen LogP contribution in [0.2, 0.25) is 18.6 Å². The summed E-state index contributed by atoms with van der Waals surface area (Å²) in [6, 6.07) is 25.2. The van der Waals surface area contributed by atoms with Crippen molar-refractivity contribution in [3.8, 4) is 0 Å². The maximum absolute atomic E-state index is 16.3. The first-order chi connectivity index (χ1) is 24.0. The van der Waals surface area contributed by atoms with Crippen LogP contribution in [0.15, 0.2) is 89.5 Å². The number of hydrogen-bond acceptors (Lipinski definition) is 6. The van der Waals surface area contributed by atoms with Crippen molar-refractivity contribution in [1.29, 1.82) is 0 Å². The third-order valence-electron chi connectivity index (χ3n) is 10.6. The Kier molecular flexibility index (Phi) is 8.05. The zero-order chi connectivity index (χ0) is 34.9. The zero-order valence-electron chi connectivity index (χ0n) is 28.0. The van der Waals surface area contributed by atoms with Crippen LogP contribution in [0.25, 0.3) is 10.8 Å². The summed E-state index contributed by atoms with van der Waals surface area (Å²) in [5.41, 5.74) is 3.40. The summed E-state index contributed by atoms with van der Waals surface area (Å²) >= 11 is 3.62. The van der Waals surface area contributed by atoms with Gasteiger partial charge in [0.05, 0.1) is 35.3 Å². The maximum Gasteiger partial charge on any atom is 0.264 e. The molecule has 9 nitrogen and oxygen atoms in total. The molecule has 3 aliphatic heterocycles. The van der Waals surface area contributed by atoms with Gasteiger partial charge in [0, 0.05) is 58.3 Å². The number of aliphatic hydroxyl groups excluding tert-OH is 1. The van der Waals surface area contributed by atoms with Gasteiger partial charge in [-0.2, -0.15) is 0 Å². The van der Waals surface area contributed by atoms with Crippen molar-refractivity contribution in [3.05, 3.63) is 112 Å². The Hall–Kier alpha value is -4.23. The molecular formula is C38H37BrFN5O4Si. The van der Waals surface area contributed by atoms with Crippen LogP contribution in [0.5, 0.6) is 0 Å². The molecule has 3 aliphatic rings. The van der Waals surface area contributed by atoms with Crippen LogP contribution in [-0.4, -0.2) is 53.0 Å². The molecule has 50 heavy (non-hydrogen) atoms. The van der Waals surface area contributed by atoms with Crippen molar-refractivity contribution in [1.82, 2.24) is 15.0 Å². The molecule has 1 spiro atoms. The second-order valence-electron chi connectivity index (χ2n) is 14.1. The Morgan fingerprint density at radius 2 is 1.80 bits per heavy atom. The minimum absolute atomic E-state index is 0.0206. The van der Waals surface area contributed by atoms with Crippen molar-refractivity contribution >= 4 is 64.0 Å². The van der Waals surface area contributed by atoms with E-state index in [2.05, 4.69) is 26.2 Å². The van der Waals surface area contributed by atoms with Crippen LogP contribution in [0.4, 0.5) is 21.2 Å². The first-order valence-corrected chi connectivity index (χ1v) is 20.7. The van der Waals surface area contributed by atoms with Gasteiger partial charge >= 0.3 is 0 Å². The molecule has 0 unspecified atom stereocenters. The van der Waals surface area contributed by atoms with Crippen LogP contribution in [0.3, 0.4) is 0 Å². The van der Waals surface area contributed by atoms with E-state index in [1.54, 1.807) is 33.8 Å². The molecule has 0 aliphatic carbocycles. The second-order valence-corrected chi connectivity index (χ2v) is 18.8. The molecule has 2 amide bonds. The van der Waals surface area contributed by atoms with Gasteiger partial charge in [0.2, 0.25) is 8.41 Å². The summed E-state index contributed by atoms with van der Waals surface area (Å²) in [6.07, 6.45) is 2.13. The highest BCUT2D eigenvalue weighted by Crippen LogP contribution is 2.60. The number of rotatable bonds is 9. The number of carbonyl (C=O) groups is 2. The monoisotopic (exact) mass is 753 g/mol.